The van der Waals surface area contributed by atoms with Crippen LogP contribution in [-0.2, 0) is 4.74 Å². The van der Waals surface area contributed by atoms with Gasteiger partial charge in [0.05, 0.1) is 12.2 Å². The lowest BCUT2D eigenvalue weighted by Gasteiger charge is -2.36. The van der Waals surface area contributed by atoms with E-state index >= 15 is 0 Å². The summed E-state index contributed by atoms with van der Waals surface area (Å²) < 4.78 is 11.1. The first-order valence-corrected chi connectivity index (χ1v) is 8.98. The summed E-state index contributed by atoms with van der Waals surface area (Å²) in [4.78, 5) is 17.6. The van der Waals surface area contributed by atoms with Gasteiger partial charge >= 0.3 is 0 Å². The van der Waals surface area contributed by atoms with E-state index in [0.717, 1.165) is 26.1 Å². The van der Waals surface area contributed by atoms with Crippen LogP contribution in [0.1, 0.15) is 30.1 Å². The van der Waals surface area contributed by atoms with Crippen LogP contribution < -0.4 is 4.74 Å². The van der Waals surface area contributed by atoms with Crippen LogP contribution in [0.25, 0.3) is 0 Å². The first-order chi connectivity index (χ1) is 11.7. The van der Waals surface area contributed by atoms with E-state index in [1.807, 2.05) is 31.2 Å². The highest BCUT2D eigenvalue weighted by Gasteiger charge is 2.37. The lowest BCUT2D eigenvalue weighted by atomic mass is 9.94. The number of ether oxygens (including phenoxy) is 2. The number of benzene rings is 1. The molecule has 0 saturated carbocycles. The Labute approximate surface area is 144 Å². The molecule has 3 fully saturated rings. The third-order valence-corrected chi connectivity index (χ3v) is 4.96. The van der Waals surface area contributed by atoms with Crippen molar-refractivity contribution in [2.45, 2.75) is 25.8 Å². The standard InChI is InChI=1S/C19H28N2O3/c1-3-23-10-11-24-18-7-5-4-6-17(18)19(22)21-13-15-8-9-16(21)14-20(2)12-15/h4-7,15-16H,3,8-14H2,1-2H3/t15-,16+/m1/s1. The summed E-state index contributed by atoms with van der Waals surface area (Å²) in [6.07, 6.45) is 2.33. The number of nitrogens with zero attached hydrogens (tertiary/aromatic N) is 2. The second kappa shape index (κ2) is 7.99. The van der Waals surface area contributed by atoms with Gasteiger partial charge in [-0.15, -0.1) is 0 Å². The van der Waals surface area contributed by atoms with Gasteiger partial charge in [0.1, 0.15) is 12.4 Å². The molecule has 132 valence electrons. The van der Waals surface area contributed by atoms with Crippen molar-refractivity contribution in [2.75, 3.05) is 46.5 Å². The second-order valence-electron chi connectivity index (χ2n) is 6.82. The Balaban J connectivity index is 1.73. The highest BCUT2D eigenvalue weighted by molar-refractivity contribution is 5.97. The van der Waals surface area contributed by atoms with Crippen LogP contribution in [0.15, 0.2) is 24.3 Å². The van der Waals surface area contributed by atoms with Gasteiger partial charge in [-0.1, -0.05) is 12.1 Å². The molecule has 0 N–H and O–H groups in total. The van der Waals surface area contributed by atoms with Gasteiger partial charge in [0.2, 0.25) is 0 Å². The van der Waals surface area contributed by atoms with Gasteiger partial charge in [0.25, 0.3) is 5.91 Å². The highest BCUT2D eigenvalue weighted by atomic mass is 16.5. The average molecular weight is 332 g/mol. The summed E-state index contributed by atoms with van der Waals surface area (Å²) in [5.41, 5.74) is 0.671. The van der Waals surface area contributed by atoms with E-state index in [-0.39, 0.29) is 5.91 Å². The molecule has 1 amide bonds. The molecule has 0 spiro atoms. The lowest BCUT2D eigenvalue weighted by Crippen LogP contribution is -2.47. The Kier molecular flexibility index (Phi) is 5.74. The number of carbonyl (C=O) groups excluding carboxylic acids is 1. The third-order valence-electron chi connectivity index (χ3n) is 4.96. The molecule has 3 heterocycles. The van der Waals surface area contributed by atoms with E-state index in [1.54, 1.807) is 0 Å². The zero-order valence-corrected chi connectivity index (χ0v) is 14.7. The number of likely N-dealkylation sites (N-methyl/N-ethyl adjacent to an activating group) is 1. The fourth-order valence-corrected chi connectivity index (χ4v) is 3.84. The van der Waals surface area contributed by atoms with Crippen LogP contribution in [0.5, 0.6) is 5.75 Å². The van der Waals surface area contributed by atoms with Crippen LogP contribution in [0, 0.1) is 5.92 Å². The monoisotopic (exact) mass is 332 g/mol. The molecule has 5 nitrogen and oxygen atoms in total. The zero-order valence-electron chi connectivity index (χ0n) is 14.7. The molecule has 3 aliphatic heterocycles. The van der Waals surface area contributed by atoms with Crippen molar-refractivity contribution in [2.24, 2.45) is 5.92 Å². The van der Waals surface area contributed by atoms with E-state index in [2.05, 4.69) is 16.8 Å². The molecule has 24 heavy (non-hydrogen) atoms. The minimum atomic E-state index is 0.104. The molecule has 0 aliphatic carbocycles. The van der Waals surface area contributed by atoms with Crippen molar-refractivity contribution in [3.8, 4) is 5.75 Å². The summed E-state index contributed by atoms with van der Waals surface area (Å²) in [7, 11) is 2.16. The third kappa shape index (κ3) is 3.90. The fraction of sp³-hybridized carbons (Fsp3) is 0.632. The molecule has 5 heteroatoms. The second-order valence-corrected chi connectivity index (χ2v) is 6.82. The molecule has 2 atom stereocenters. The van der Waals surface area contributed by atoms with Gasteiger partial charge in [0, 0.05) is 32.3 Å². The van der Waals surface area contributed by atoms with E-state index in [1.165, 1.54) is 6.42 Å². The predicted octanol–water partition coefficient (Wildman–Crippen LogP) is 2.27. The SMILES string of the molecule is CCOCCOc1ccccc1C(=O)N1C[C@@H]2CC[C@H]1CN(C)C2. The van der Waals surface area contributed by atoms with Gasteiger partial charge in [-0.05, 0) is 44.9 Å². The van der Waals surface area contributed by atoms with Gasteiger partial charge < -0.3 is 19.3 Å². The minimum absolute atomic E-state index is 0.104. The highest BCUT2D eigenvalue weighted by Crippen LogP contribution is 2.30. The van der Waals surface area contributed by atoms with Crippen molar-refractivity contribution in [1.29, 1.82) is 0 Å². The van der Waals surface area contributed by atoms with Gasteiger partial charge in [0.15, 0.2) is 0 Å². The quantitative estimate of drug-likeness (QED) is 0.750. The molecule has 0 unspecified atom stereocenters. The Morgan fingerprint density at radius 1 is 1.17 bits per heavy atom. The van der Waals surface area contributed by atoms with Crippen molar-refractivity contribution >= 4 is 5.91 Å². The fourth-order valence-electron chi connectivity index (χ4n) is 3.84. The van der Waals surface area contributed by atoms with Gasteiger partial charge in [-0.25, -0.2) is 0 Å². The zero-order chi connectivity index (χ0) is 16.9. The number of amides is 1. The predicted molar refractivity (Wildman–Crippen MR) is 93.5 cm³/mol. The molecule has 3 aliphatic rings. The minimum Gasteiger partial charge on any atom is -0.490 e. The molecule has 1 aromatic rings. The Bertz CT molecular complexity index is 563. The Hall–Kier alpha value is -1.59. The van der Waals surface area contributed by atoms with Crippen LogP contribution in [0.2, 0.25) is 0 Å². The summed E-state index contributed by atoms with van der Waals surface area (Å²) in [5, 5.41) is 0. The van der Waals surface area contributed by atoms with Crippen molar-refractivity contribution in [3.63, 3.8) is 0 Å². The van der Waals surface area contributed by atoms with E-state index in [4.69, 9.17) is 9.47 Å². The summed E-state index contributed by atoms with van der Waals surface area (Å²) in [6.45, 7) is 6.56. The van der Waals surface area contributed by atoms with Crippen LogP contribution in [0.4, 0.5) is 0 Å². The molecule has 0 aromatic heterocycles. The molecule has 4 rings (SSSR count). The Morgan fingerprint density at radius 3 is 2.83 bits per heavy atom. The molecular formula is C19H28N2O3. The van der Waals surface area contributed by atoms with E-state index < -0.39 is 0 Å². The maximum atomic E-state index is 13.2. The molecular weight excluding hydrogens is 304 g/mol. The molecule has 3 saturated heterocycles. The molecule has 1 aromatic carbocycles. The number of hydrogen-bond donors (Lipinski definition) is 0. The Morgan fingerprint density at radius 2 is 2.00 bits per heavy atom. The topological polar surface area (TPSA) is 42.0 Å². The maximum Gasteiger partial charge on any atom is 0.257 e. The molecule has 0 radical (unpaired) electrons. The smallest absolute Gasteiger partial charge is 0.257 e. The number of hydrogen-bond acceptors (Lipinski definition) is 4. The number of piperidine rings is 1. The van der Waals surface area contributed by atoms with Gasteiger partial charge in [-0.3, -0.25) is 4.79 Å². The number of rotatable bonds is 6. The van der Waals surface area contributed by atoms with Crippen LogP contribution >= 0.6 is 0 Å². The molecule has 2 bridgehead atoms. The average Bonchev–Trinajstić information content (AvgIpc) is 2.87. The maximum absolute atomic E-state index is 13.2. The number of para-hydroxylation sites is 1. The summed E-state index contributed by atoms with van der Waals surface area (Å²) >= 11 is 0. The summed E-state index contributed by atoms with van der Waals surface area (Å²) in [5.74, 6) is 1.35. The number of carbonyl (C=O) groups is 1. The lowest BCUT2D eigenvalue weighted by molar-refractivity contribution is 0.0579. The van der Waals surface area contributed by atoms with Crippen molar-refractivity contribution in [3.05, 3.63) is 29.8 Å². The van der Waals surface area contributed by atoms with Gasteiger partial charge in [-0.2, -0.15) is 0 Å². The largest absolute Gasteiger partial charge is 0.490 e. The van der Waals surface area contributed by atoms with Crippen molar-refractivity contribution in [1.82, 2.24) is 9.80 Å². The van der Waals surface area contributed by atoms with Crippen LogP contribution in [-0.4, -0.2) is 68.3 Å². The first-order valence-electron chi connectivity index (χ1n) is 8.98. The first kappa shape index (κ1) is 17.2. The number of fused-ring (bicyclic) bond motifs is 4. The normalized spacial score (nSPS) is 24.0. The van der Waals surface area contributed by atoms with Crippen LogP contribution in [0.3, 0.4) is 0 Å². The van der Waals surface area contributed by atoms with E-state index in [0.29, 0.717) is 43.1 Å². The summed E-state index contributed by atoms with van der Waals surface area (Å²) in [6, 6.07) is 7.89. The van der Waals surface area contributed by atoms with Crippen molar-refractivity contribution < 1.29 is 14.3 Å². The van der Waals surface area contributed by atoms with E-state index in [9.17, 15) is 4.79 Å².